The first-order valence-corrected chi connectivity index (χ1v) is 11.1. The molecular weight excluding hydrogens is 464 g/mol. The molecular formula is C22H19BrN4O2S. The molecule has 0 saturated heterocycles. The van der Waals surface area contributed by atoms with Gasteiger partial charge in [-0.15, -0.1) is 11.3 Å². The Kier molecular flexibility index (Phi) is 5.78. The van der Waals surface area contributed by atoms with Gasteiger partial charge in [0.2, 0.25) is 5.91 Å². The van der Waals surface area contributed by atoms with E-state index in [1.54, 1.807) is 17.0 Å². The highest BCUT2D eigenvalue weighted by Gasteiger charge is 2.18. The second-order valence-electron chi connectivity index (χ2n) is 6.83. The maximum absolute atomic E-state index is 12.8. The summed E-state index contributed by atoms with van der Waals surface area (Å²) in [5.74, 6) is -0.116. The molecule has 0 aliphatic carbocycles. The summed E-state index contributed by atoms with van der Waals surface area (Å²) in [6.07, 6.45) is 2.47. The van der Waals surface area contributed by atoms with Gasteiger partial charge in [0.05, 0.1) is 35.2 Å². The predicted octanol–water partition coefficient (Wildman–Crippen LogP) is 4.91. The summed E-state index contributed by atoms with van der Waals surface area (Å²) in [6.45, 7) is 3.89. The van der Waals surface area contributed by atoms with Crippen molar-refractivity contribution < 1.29 is 4.79 Å². The Morgan fingerprint density at radius 3 is 2.67 bits per heavy atom. The molecule has 2 aromatic carbocycles. The first-order chi connectivity index (χ1) is 14.5. The van der Waals surface area contributed by atoms with E-state index in [9.17, 15) is 9.59 Å². The Labute approximate surface area is 186 Å². The van der Waals surface area contributed by atoms with Crippen molar-refractivity contribution in [2.45, 2.75) is 26.8 Å². The molecule has 4 rings (SSSR count). The van der Waals surface area contributed by atoms with Gasteiger partial charge in [0, 0.05) is 16.8 Å². The fraction of sp³-hybridized carbons (Fsp3) is 0.182. The number of benzene rings is 2. The number of hydrogen-bond donors (Lipinski definition) is 0. The van der Waals surface area contributed by atoms with Gasteiger partial charge in [0.1, 0.15) is 0 Å². The number of hydrogen-bond acceptors (Lipinski definition) is 5. The van der Waals surface area contributed by atoms with E-state index in [-0.39, 0.29) is 18.0 Å². The van der Waals surface area contributed by atoms with Crippen LogP contribution in [0.3, 0.4) is 0 Å². The molecule has 1 amide bonds. The Morgan fingerprint density at radius 2 is 1.97 bits per heavy atom. The Balaban J connectivity index is 1.64. The van der Waals surface area contributed by atoms with Crippen LogP contribution >= 0.6 is 27.3 Å². The molecule has 152 valence electrons. The van der Waals surface area contributed by atoms with Gasteiger partial charge in [-0.05, 0) is 42.3 Å². The number of carbonyl (C=O) groups is 1. The average Bonchev–Trinajstić information content (AvgIpc) is 3.19. The molecule has 0 spiro atoms. The van der Waals surface area contributed by atoms with Crippen molar-refractivity contribution in [2.75, 3.05) is 4.90 Å². The molecule has 2 heterocycles. The van der Waals surface area contributed by atoms with Gasteiger partial charge in [-0.25, -0.2) is 9.97 Å². The standard InChI is InChI=1S/C22H19BrN4O2S/c1-3-15-4-7-18(8-5-15)27(14(2)28)22-25-17(12-30-22)11-26-13-24-20-9-6-16(23)10-19(20)21(26)29/h4-10,12-13H,3,11H2,1-2H3. The van der Waals surface area contributed by atoms with Crippen LogP contribution in [0.2, 0.25) is 0 Å². The number of thiazole rings is 1. The predicted molar refractivity (Wildman–Crippen MR) is 124 cm³/mol. The van der Waals surface area contributed by atoms with Crippen molar-refractivity contribution in [2.24, 2.45) is 0 Å². The smallest absolute Gasteiger partial charge is 0.261 e. The summed E-state index contributed by atoms with van der Waals surface area (Å²) in [6, 6.07) is 13.3. The summed E-state index contributed by atoms with van der Waals surface area (Å²) in [5.41, 5.74) is 3.20. The lowest BCUT2D eigenvalue weighted by molar-refractivity contribution is -0.115. The number of anilines is 2. The molecule has 0 aliphatic rings. The first-order valence-electron chi connectivity index (χ1n) is 9.45. The van der Waals surface area contributed by atoms with Crippen LogP contribution in [0.5, 0.6) is 0 Å². The normalized spacial score (nSPS) is 11.0. The molecule has 2 aromatic heterocycles. The van der Waals surface area contributed by atoms with Gasteiger partial charge in [-0.2, -0.15) is 0 Å². The molecule has 30 heavy (non-hydrogen) atoms. The Hall–Kier alpha value is -2.84. The lowest BCUT2D eigenvalue weighted by Gasteiger charge is -2.18. The number of aromatic nitrogens is 3. The van der Waals surface area contributed by atoms with E-state index in [4.69, 9.17) is 0 Å². The van der Waals surface area contributed by atoms with Gasteiger partial charge < -0.3 is 0 Å². The number of fused-ring (bicyclic) bond motifs is 1. The minimum Gasteiger partial charge on any atom is -0.293 e. The first kappa shape index (κ1) is 20.4. The van der Waals surface area contributed by atoms with E-state index in [0.717, 1.165) is 16.6 Å². The number of carbonyl (C=O) groups excluding carboxylic acids is 1. The lowest BCUT2D eigenvalue weighted by atomic mass is 10.1. The van der Waals surface area contributed by atoms with Crippen LogP contribution in [-0.2, 0) is 17.8 Å². The van der Waals surface area contributed by atoms with E-state index in [1.165, 1.54) is 34.7 Å². The third-order valence-electron chi connectivity index (χ3n) is 4.77. The van der Waals surface area contributed by atoms with Crippen molar-refractivity contribution in [1.82, 2.24) is 14.5 Å². The summed E-state index contributed by atoms with van der Waals surface area (Å²) in [7, 11) is 0. The van der Waals surface area contributed by atoms with Gasteiger partial charge in [0.15, 0.2) is 5.13 Å². The summed E-state index contributed by atoms with van der Waals surface area (Å²) in [4.78, 5) is 35.7. The number of nitrogens with zero attached hydrogens (tertiary/aromatic N) is 4. The van der Waals surface area contributed by atoms with Crippen LogP contribution in [-0.4, -0.2) is 20.4 Å². The zero-order chi connectivity index (χ0) is 21.3. The number of halogens is 1. The molecule has 0 saturated carbocycles. The molecule has 0 radical (unpaired) electrons. The molecule has 0 aliphatic heterocycles. The Bertz CT molecular complexity index is 1280. The van der Waals surface area contributed by atoms with E-state index >= 15 is 0 Å². The number of amides is 1. The van der Waals surface area contributed by atoms with E-state index in [2.05, 4.69) is 32.8 Å². The molecule has 0 unspecified atom stereocenters. The minimum atomic E-state index is -0.130. The van der Waals surface area contributed by atoms with Crippen molar-refractivity contribution in [3.05, 3.63) is 80.3 Å². The number of rotatable bonds is 5. The van der Waals surface area contributed by atoms with Crippen LogP contribution in [0.4, 0.5) is 10.8 Å². The summed E-state index contributed by atoms with van der Waals surface area (Å²) >= 11 is 4.77. The van der Waals surface area contributed by atoms with Crippen molar-refractivity contribution in [3.8, 4) is 0 Å². The van der Waals surface area contributed by atoms with Gasteiger partial charge in [-0.3, -0.25) is 19.1 Å². The highest BCUT2D eigenvalue weighted by Crippen LogP contribution is 2.29. The van der Waals surface area contributed by atoms with E-state index < -0.39 is 0 Å². The molecule has 8 heteroatoms. The summed E-state index contributed by atoms with van der Waals surface area (Å²) < 4.78 is 2.36. The molecule has 0 bridgehead atoms. The topological polar surface area (TPSA) is 68.1 Å². The van der Waals surface area contributed by atoms with Gasteiger partial charge in [-0.1, -0.05) is 35.0 Å². The highest BCUT2D eigenvalue weighted by molar-refractivity contribution is 9.10. The van der Waals surface area contributed by atoms with Crippen LogP contribution in [0.15, 0.2) is 63.4 Å². The fourth-order valence-electron chi connectivity index (χ4n) is 3.20. The van der Waals surface area contributed by atoms with E-state index in [1.807, 2.05) is 35.7 Å². The lowest BCUT2D eigenvalue weighted by Crippen LogP contribution is -2.23. The fourth-order valence-corrected chi connectivity index (χ4v) is 4.44. The second-order valence-corrected chi connectivity index (χ2v) is 8.59. The molecule has 0 atom stereocenters. The zero-order valence-corrected chi connectivity index (χ0v) is 18.9. The maximum Gasteiger partial charge on any atom is 0.261 e. The van der Waals surface area contributed by atoms with Crippen molar-refractivity contribution in [1.29, 1.82) is 0 Å². The van der Waals surface area contributed by atoms with Crippen LogP contribution in [0, 0.1) is 0 Å². The number of aryl methyl sites for hydroxylation is 1. The summed E-state index contributed by atoms with van der Waals surface area (Å²) in [5, 5.41) is 2.98. The molecule has 6 nitrogen and oxygen atoms in total. The van der Waals surface area contributed by atoms with Crippen molar-refractivity contribution >= 4 is 54.9 Å². The zero-order valence-electron chi connectivity index (χ0n) is 16.5. The molecule has 0 N–H and O–H groups in total. The van der Waals surface area contributed by atoms with Gasteiger partial charge in [0.25, 0.3) is 5.56 Å². The van der Waals surface area contributed by atoms with Crippen LogP contribution in [0.1, 0.15) is 25.1 Å². The molecule has 4 aromatic rings. The third kappa shape index (κ3) is 4.06. The molecule has 0 fully saturated rings. The average molecular weight is 483 g/mol. The third-order valence-corrected chi connectivity index (χ3v) is 6.13. The van der Waals surface area contributed by atoms with Crippen molar-refractivity contribution in [3.63, 3.8) is 0 Å². The Morgan fingerprint density at radius 1 is 1.20 bits per heavy atom. The monoisotopic (exact) mass is 482 g/mol. The maximum atomic E-state index is 12.8. The highest BCUT2D eigenvalue weighted by atomic mass is 79.9. The minimum absolute atomic E-state index is 0.116. The quantitative estimate of drug-likeness (QED) is 0.405. The largest absolute Gasteiger partial charge is 0.293 e. The van der Waals surface area contributed by atoms with Crippen LogP contribution in [0.25, 0.3) is 10.9 Å². The van der Waals surface area contributed by atoms with E-state index in [0.29, 0.717) is 21.7 Å². The SMILES string of the molecule is CCc1ccc(N(C(C)=O)c2nc(Cn3cnc4ccc(Br)cc4c3=O)cs2)cc1. The van der Waals surface area contributed by atoms with Gasteiger partial charge >= 0.3 is 0 Å². The second kappa shape index (κ2) is 8.49. The van der Waals surface area contributed by atoms with Crippen LogP contribution < -0.4 is 10.5 Å².